The fourth-order valence-electron chi connectivity index (χ4n) is 1.78. The summed E-state index contributed by atoms with van der Waals surface area (Å²) >= 11 is 0. The van der Waals surface area contributed by atoms with Crippen molar-refractivity contribution in [2.45, 2.75) is 45.8 Å². The lowest BCUT2D eigenvalue weighted by atomic mass is 10.1. The average Bonchev–Trinajstić information content (AvgIpc) is 2.13. The second-order valence-corrected chi connectivity index (χ2v) is 5.05. The summed E-state index contributed by atoms with van der Waals surface area (Å²) in [5.41, 5.74) is -0.837. The van der Waals surface area contributed by atoms with Crippen molar-refractivity contribution in [2.75, 3.05) is 27.2 Å². The van der Waals surface area contributed by atoms with Crippen LogP contribution in [0.25, 0.3) is 0 Å². The van der Waals surface area contributed by atoms with Crippen molar-refractivity contribution in [1.82, 2.24) is 9.80 Å². The van der Waals surface area contributed by atoms with Crippen LogP contribution in [-0.2, 0) is 4.79 Å². The van der Waals surface area contributed by atoms with Gasteiger partial charge in [0.05, 0.1) is 11.6 Å². The van der Waals surface area contributed by atoms with Crippen molar-refractivity contribution in [1.29, 1.82) is 0 Å². The fourth-order valence-corrected chi connectivity index (χ4v) is 1.78. The molecular weight excluding hydrogens is 204 g/mol. The van der Waals surface area contributed by atoms with Crippen LogP contribution in [0.2, 0.25) is 0 Å². The Balaban J connectivity index is 4.64. The summed E-state index contributed by atoms with van der Waals surface area (Å²) in [5.74, 6) is 0.0946. The maximum atomic E-state index is 12.2. The van der Waals surface area contributed by atoms with Crippen LogP contribution in [0.3, 0.4) is 0 Å². The summed E-state index contributed by atoms with van der Waals surface area (Å²) in [6.45, 7) is 8.39. The number of carbonyl (C=O) groups excluding carboxylic acids is 1. The summed E-state index contributed by atoms with van der Waals surface area (Å²) in [4.78, 5) is 15.8. The highest BCUT2D eigenvalue weighted by atomic mass is 16.3. The van der Waals surface area contributed by atoms with E-state index >= 15 is 0 Å². The molecule has 0 bridgehead atoms. The van der Waals surface area contributed by atoms with Crippen molar-refractivity contribution in [3.63, 3.8) is 0 Å². The monoisotopic (exact) mass is 230 g/mol. The van der Waals surface area contributed by atoms with Crippen LogP contribution in [-0.4, -0.2) is 59.6 Å². The molecule has 0 radical (unpaired) electrons. The molecule has 96 valence electrons. The van der Waals surface area contributed by atoms with Crippen LogP contribution in [0.1, 0.15) is 34.1 Å². The second kappa shape index (κ2) is 6.21. The van der Waals surface area contributed by atoms with Gasteiger partial charge in [0.1, 0.15) is 0 Å². The smallest absolute Gasteiger partial charge is 0.239 e. The standard InChI is InChI=1S/C12H26N2O2/c1-7-10(13(5)6)11(15)14(8-2)9-12(3,4)16/h10,16H,7-9H2,1-6H3. The van der Waals surface area contributed by atoms with Gasteiger partial charge in [-0.1, -0.05) is 6.92 Å². The summed E-state index contributed by atoms with van der Waals surface area (Å²) in [5, 5.41) is 9.75. The van der Waals surface area contributed by atoms with E-state index < -0.39 is 5.60 Å². The lowest BCUT2D eigenvalue weighted by molar-refractivity contribution is -0.138. The molecule has 0 aliphatic rings. The highest BCUT2D eigenvalue weighted by molar-refractivity contribution is 5.81. The molecule has 1 amide bonds. The molecule has 0 saturated carbocycles. The molecule has 16 heavy (non-hydrogen) atoms. The Kier molecular flexibility index (Phi) is 5.97. The number of likely N-dealkylation sites (N-methyl/N-ethyl adjacent to an activating group) is 2. The molecule has 0 heterocycles. The molecule has 1 atom stereocenters. The molecule has 0 rings (SSSR count). The summed E-state index contributed by atoms with van der Waals surface area (Å²) in [6.07, 6.45) is 0.786. The minimum atomic E-state index is -0.837. The van der Waals surface area contributed by atoms with Gasteiger partial charge in [-0.05, 0) is 41.3 Å². The predicted molar refractivity (Wildman–Crippen MR) is 66.3 cm³/mol. The van der Waals surface area contributed by atoms with E-state index in [-0.39, 0.29) is 11.9 Å². The first-order valence-electron chi connectivity index (χ1n) is 5.90. The SMILES string of the molecule is CCC(C(=O)N(CC)CC(C)(C)O)N(C)C. The number of amides is 1. The molecule has 0 aromatic carbocycles. The zero-order valence-corrected chi connectivity index (χ0v) is 11.4. The quantitative estimate of drug-likeness (QED) is 0.739. The first-order valence-corrected chi connectivity index (χ1v) is 5.90. The summed E-state index contributed by atoms with van der Waals surface area (Å²) in [7, 11) is 3.81. The van der Waals surface area contributed by atoms with E-state index in [1.807, 2.05) is 32.8 Å². The van der Waals surface area contributed by atoms with E-state index in [0.29, 0.717) is 13.1 Å². The topological polar surface area (TPSA) is 43.8 Å². The third kappa shape index (κ3) is 4.94. The van der Waals surface area contributed by atoms with Crippen LogP contribution >= 0.6 is 0 Å². The minimum absolute atomic E-state index is 0.0946. The van der Waals surface area contributed by atoms with Crippen molar-refractivity contribution in [3.05, 3.63) is 0 Å². The second-order valence-electron chi connectivity index (χ2n) is 5.05. The highest BCUT2D eigenvalue weighted by Crippen LogP contribution is 2.10. The van der Waals surface area contributed by atoms with E-state index in [1.54, 1.807) is 18.7 Å². The van der Waals surface area contributed by atoms with Gasteiger partial charge in [-0.25, -0.2) is 0 Å². The van der Waals surface area contributed by atoms with Crippen molar-refractivity contribution in [3.8, 4) is 0 Å². The largest absolute Gasteiger partial charge is 0.389 e. The van der Waals surface area contributed by atoms with Gasteiger partial charge in [-0.15, -0.1) is 0 Å². The van der Waals surface area contributed by atoms with E-state index in [4.69, 9.17) is 0 Å². The number of carbonyl (C=O) groups is 1. The Labute approximate surface area is 99.2 Å². The summed E-state index contributed by atoms with van der Waals surface area (Å²) < 4.78 is 0. The van der Waals surface area contributed by atoms with Gasteiger partial charge in [0, 0.05) is 13.1 Å². The third-order valence-corrected chi connectivity index (χ3v) is 2.57. The lowest BCUT2D eigenvalue weighted by Crippen LogP contribution is -2.50. The van der Waals surface area contributed by atoms with Crippen molar-refractivity contribution in [2.24, 2.45) is 0 Å². The Bertz CT molecular complexity index is 222. The number of nitrogens with zero attached hydrogens (tertiary/aromatic N) is 2. The van der Waals surface area contributed by atoms with Gasteiger partial charge in [0.2, 0.25) is 5.91 Å². The first kappa shape index (κ1) is 15.4. The van der Waals surface area contributed by atoms with Gasteiger partial charge in [0.25, 0.3) is 0 Å². The van der Waals surface area contributed by atoms with Gasteiger partial charge in [-0.2, -0.15) is 0 Å². The van der Waals surface area contributed by atoms with Crippen LogP contribution in [0.5, 0.6) is 0 Å². The molecule has 0 aliphatic heterocycles. The van der Waals surface area contributed by atoms with E-state index in [2.05, 4.69) is 0 Å². The van der Waals surface area contributed by atoms with E-state index in [0.717, 1.165) is 6.42 Å². The Morgan fingerprint density at radius 2 is 1.81 bits per heavy atom. The molecular formula is C12H26N2O2. The van der Waals surface area contributed by atoms with Gasteiger partial charge in [-0.3, -0.25) is 9.69 Å². The molecule has 0 fully saturated rings. The Morgan fingerprint density at radius 3 is 2.06 bits per heavy atom. The van der Waals surface area contributed by atoms with Crippen LogP contribution in [0.4, 0.5) is 0 Å². The average molecular weight is 230 g/mol. The molecule has 0 saturated heterocycles. The highest BCUT2D eigenvalue weighted by Gasteiger charge is 2.27. The zero-order chi connectivity index (χ0) is 12.9. The van der Waals surface area contributed by atoms with E-state index in [9.17, 15) is 9.90 Å². The molecule has 4 heteroatoms. The predicted octanol–water partition coefficient (Wildman–Crippen LogP) is 0.946. The number of hydrogen-bond donors (Lipinski definition) is 1. The number of aliphatic hydroxyl groups is 1. The Morgan fingerprint density at radius 1 is 1.31 bits per heavy atom. The first-order chi connectivity index (χ1) is 7.22. The number of hydrogen-bond acceptors (Lipinski definition) is 3. The number of rotatable bonds is 6. The molecule has 1 N–H and O–H groups in total. The van der Waals surface area contributed by atoms with Crippen LogP contribution < -0.4 is 0 Å². The van der Waals surface area contributed by atoms with Crippen LogP contribution in [0, 0.1) is 0 Å². The lowest BCUT2D eigenvalue weighted by Gasteiger charge is -2.33. The fraction of sp³-hybridized carbons (Fsp3) is 0.917. The molecule has 0 spiro atoms. The third-order valence-electron chi connectivity index (χ3n) is 2.57. The minimum Gasteiger partial charge on any atom is -0.389 e. The van der Waals surface area contributed by atoms with Gasteiger partial charge < -0.3 is 10.0 Å². The normalized spacial score (nSPS) is 14.0. The molecule has 1 unspecified atom stereocenters. The Hall–Kier alpha value is -0.610. The molecule has 0 aromatic heterocycles. The molecule has 4 nitrogen and oxygen atoms in total. The maximum absolute atomic E-state index is 12.2. The van der Waals surface area contributed by atoms with E-state index in [1.165, 1.54) is 0 Å². The maximum Gasteiger partial charge on any atom is 0.239 e. The van der Waals surface area contributed by atoms with Crippen molar-refractivity contribution >= 4 is 5.91 Å². The molecule has 0 aliphatic carbocycles. The van der Waals surface area contributed by atoms with Gasteiger partial charge >= 0.3 is 0 Å². The van der Waals surface area contributed by atoms with Crippen LogP contribution in [0.15, 0.2) is 0 Å². The summed E-state index contributed by atoms with van der Waals surface area (Å²) in [6, 6.07) is -0.0951. The zero-order valence-electron chi connectivity index (χ0n) is 11.4. The van der Waals surface area contributed by atoms with Gasteiger partial charge in [0.15, 0.2) is 0 Å². The molecule has 0 aromatic rings. The van der Waals surface area contributed by atoms with Crippen molar-refractivity contribution < 1.29 is 9.90 Å².